The molecule has 5 heteroatoms. The maximum Gasteiger partial charge on any atom is 0.167 e. The van der Waals surface area contributed by atoms with E-state index < -0.39 is 0 Å². The molecule has 2 rings (SSSR count). The van der Waals surface area contributed by atoms with Crippen LogP contribution in [0.3, 0.4) is 0 Å². The smallest absolute Gasteiger partial charge is 0.167 e. The molecule has 1 aliphatic heterocycles. The van der Waals surface area contributed by atoms with E-state index in [9.17, 15) is 0 Å². The van der Waals surface area contributed by atoms with E-state index in [1.165, 1.54) is 5.69 Å². The molecule has 17 heavy (non-hydrogen) atoms. The molecular weight excluding hydrogens is 214 g/mol. The fourth-order valence-electron chi connectivity index (χ4n) is 2.20. The molecule has 92 valence electrons. The third kappa shape index (κ3) is 2.48. The minimum atomic E-state index is 0.602. The Hall–Kier alpha value is -1.38. The van der Waals surface area contributed by atoms with Crippen LogP contribution < -0.4 is 0 Å². The number of nitrogens with zero attached hydrogens (tertiary/aromatic N) is 5. The summed E-state index contributed by atoms with van der Waals surface area (Å²) in [6.45, 7) is 3.71. The summed E-state index contributed by atoms with van der Waals surface area (Å²) in [4.78, 5) is 4.37. The Bertz CT molecular complexity index is 440. The van der Waals surface area contributed by atoms with Gasteiger partial charge in [-0.2, -0.15) is 10.4 Å². The van der Waals surface area contributed by atoms with Gasteiger partial charge in [-0.25, -0.2) is 0 Å². The van der Waals surface area contributed by atoms with Crippen LogP contribution in [-0.2, 0) is 19.5 Å². The van der Waals surface area contributed by atoms with E-state index in [-0.39, 0.29) is 0 Å². The average Bonchev–Trinajstić information content (AvgIpc) is 2.63. The number of likely N-dealkylation sites (N-methyl/N-ethyl adjacent to an activating group) is 2. The molecule has 1 aromatic rings. The molecule has 0 spiro atoms. The zero-order valence-electron chi connectivity index (χ0n) is 10.8. The number of nitriles is 1. The first kappa shape index (κ1) is 12.1. The molecule has 0 atom stereocenters. The first-order valence-electron chi connectivity index (χ1n) is 5.93. The predicted octanol–water partition coefficient (Wildman–Crippen LogP) is 0.304. The highest BCUT2D eigenvalue weighted by Crippen LogP contribution is 2.21. The van der Waals surface area contributed by atoms with E-state index >= 15 is 0 Å². The standard InChI is InChI=1S/C12H19N5/c1-15(2)6-7-17-12-4-5-16(3)9-10(12)11(8-13)14-17/h4-7,9H2,1-3H3. The summed E-state index contributed by atoms with van der Waals surface area (Å²) >= 11 is 0. The molecule has 0 fully saturated rings. The third-order valence-corrected chi connectivity index (χ3v) is 3.19. The Morgan fingerprint density at radius 2 is 2.24 bits per heavy atom. The van der Waals surface area contributed by atoms with E-state index in [0.29, 0.717) is 5.69 Å². The van der Waals surface area contributed by atoms with Crippen molar-refractivity contribution in [2.45, 2.75) is 19.5 Å². The summed E-state index contributed by atoms with van der Waals surface area (Å²) in [6, 6.07) is 2.21. The molecule has 0 amide bonds. The van der Waals surface area contributed by atoms with Crippen molar-refractivity contribution in [1.82, 2.24) is 19.6 Å². The molecule has 0 saturated heterocycles. The minimum absolute atomic E-state index is 0.602. The first-order valence-corrected chi connectivity index (χ1v) is 5.93. The molecule has 0 saturated carbocycles. The number of hydrogen-bond donors (Lipinski definition) is 0. The predicted molar refractivity (Wildman–Crippen MR) is 65.5 cm³/mol. The summed E-state index contributed by atoms with van der Waals surface area (Å²) in [5.41, 5.74) is 2.98. The molecule has 1 aliphatic rings. The van der Waals surface area contributed by atoms with Crippen molar-refractivity contribution in [2.24, 2.45) is 0 Å². The van der Waals surface area contributed by atoms with E-state index in [1.807, 2.05) is 4.68 Å². The summed E-state index contributed by atoms with van der Waals surface area (Å²) in [5, 5.41) is 13.5. The second-order valence-corrected chi connectivity index (χ2v) is 4.90. The molecular formula is C12H19N5. The zero-order valence-corrected chi connectivity index (χ0v) is 10.8. The molecule has 1 aromatic heterocycles. The van der Waals surface area contributed by atoms with Gasteiger partial charge in [0.1, 0.15) is 6.07 Å². The Labute approximate surface area is 102 Å². The quantitative estimate of drug-likeness (QED) is 0.753. The van der Waals surface area contributed by atoms with Crippen LogP contribution in [0.25, 0.3) is 0 Å². The van der Waals surface area contributed by atoms with Crippen LogP contribution in [0.5, 0.6) is 0 Å². The van der Waals surface area contributed by atoms with E-state index in [0.717, 1.165) is 38.2 Å². The van der Waals surface area contributed by atoms with Crippen molar-refractivity contribution in [1.29, 1.82) is 5.26 Å². The topological polar surface area (TPSA) is 48.1 Å². The highest BCUT2D eigenvalue weighted by Gasteiger charge is 2.22. The summed E-state index contributed by atoms with van der Waals surface area (Å²) in [7, 11) is 6.19. The van der Waals surface area contributed by atoms with Gasteiger partial charge in [0, 0.05) is 37.3 Å². The van der Waals surface area contributed by atoms with Gasteiger partial charge in [-0.3, -0.25) is 4.68 Å². The van der Waals surface area contributed by atoms with Crippen molar-refractivity contribution < 1.29 is 0 Å². The van der Waals surface area contributed by atoms with E-state index in [4.69, 9.17) is 5.26 Å². The van der Waals surface area contributed by atoms with Gasteiger partial charge in [0.15, 0.2) is 5.69 Å². The van der Waals surface area contributed by atoms with Gasteiger partial charge in [0.25, 0.3) is 0 Å². The molecule has 0 bridgehead atoms. The molecule has 5 nitrogen and oxygen atoms in total. The van der Waals surface area contributed by atoms with Gasteiger partial charge in [-0.05, 0) is 21.1 Å². The lowest BCUT2D eigenvalue weighted by Crippen LogP contribution is -2.28. The molecule has 2 heterocycles. The fraction of sp³-hybridized carbons (Fsp3) is 0.667. The Balaban J connectivity index is 2.26. The highest BCUT2D eigenvalue weighted by atomic mass is 15.3. The fourth-order valence-corrected chi connectivity index (χ4v) is 2.20. The van der Waals surface area contributed by atoms with Crippen molar-refractivity contribution in [3.8, 4) is 6.07 Å². The van der Waals surface area contributed by atoms with Crippen LogP contribution in [0, 0.1) is 11.3 Å². The third-order valence-electron chi connectivity index (χ3n) is 3.19. The Morgan fingerprint density at radius 3 is 2.88 bits per heavy atom. The average molecular weight is 233 g/mol. The van der Waals surface area contributed by atoms with Gasteiger partial charge in [-0.1, -0.05) is 0 Å². The monoisotopic (exact) mass is 233 g/mol. The molecule has 0 radical (unpaired) electrons. The van der Waals surface area contributed by atoms with Crippen LogP contribution in [0.4, 0.5) is 0 Å². The maximum absolute atomic E-state index is 9.12. The highest BCUT2D eigenvalue weighted by molar-refractivity contribution is 5.36. The maximum atomic E-state index is 9.12. The van der Waals surface area contributed by atoms with Gasteiger partial charge >= 0.3 is 0 Å². The minimum Gasteiger partial charge on any atom is -0.308 e. The molecule has 0 unspecified atom stereocenters. The van der Waals surface area contributed by atoms with E-state index in [2.05, 4.69) is 42.1 Å². The second kappa shape index (κ2) is 4.86. The molecule has 0 N–H and O–H groups in total. The summed E-state index contributed by atoms with van der Waals surface area (Å²) in [6.07, 6.45) is 0.994. The number of fused-ring (bicyclic) bond motifs is 1. The Kier molecular flexibility index (Phi) is 3.46. The van der Waals surface area contributed by atoms with Crippen LogP contribution in [0.2, 0.25) is 0 Å². The van der Waals surface area contributed by atoms with Crippen molar-refractivity contribution in [3.63, 3.8) is 0 Å². The zero-order chi connectivity index (χ0) is 12.4. The SMILES string of the molecule is CN(C)CCn1nc(C#N)c2c1CCN(C)C2. The largest absolute Gasteiger partial charge is 0.308 e. The van der Waals surface area contributed by atoms with Gasteiger partial charge < -0.3 is 9.80 Å². The van der Waals surface area contributed by atoms with Crippen molar-refractivity contribution in [2.75, 3.05) is 34.2 Å². The summed E-state index contributed by atoms with van der Waals surface area (Å²) in [5.74, 6) is 0. The van der Waals surface area contributed by atoms with Crippen molar-refractivity contribution in [3.05, 3.63) is 17.0 Å². The molecule has 0 aliphatic carbocycles. The van der Waals surface area contributed by atoms with Gasteiger partial charge in [-0.15, -0.1) is 0 Å². The van der Waals surface area contributed by atoms with Gasteiger partial charge in [0.2, 0.25) is 0 Å². The van der Waals surface area contributed by atoms with Crippen LogP contribution in [0.1, 0.15) is 17.0 Å². The van der Waals surface area contributed by atoms with Crippen LogP contribution >= 0.6 is 0 Å². The normalized spacial score (nSPS) is 15.9. The lowest BCUT2D eigenvalue weighted by molar-refractivity contribution is 0.303. The number of hydrogen-bond acceptors (Lipinski definition) is 4. The number of aromatic nitrogens is 2. The van der Waals surface area contributed by atoms with Crippen LogP contribution in [0.15, 0.2) is 0 Å². The number of rotatable bonds is 3. The van der Waals surface area contributed by atoms with Crippen LogP contribution in [-0.4, -0.2) is 53.8 Å². The lowest BCUT2D eigenvalue weighted by atomic mass is 10.1. The first-order chi connectivity index (χ1) is 8.11. The lowest BCUT2D eigenvalue weighted by Gasteiger charge is -2.23. The molecule has 0 aromatic carbocycles. The van der Waals surface area contributed by atoms with Crippen molar-refractivity contribution >= 4 is 0 Å². The van der Waals surface area contributed by atoms with E-state index in [1.54, 1.807) is 0 Å². The second-order valence-electron chi connectivity index (χ2n) is 4.90. The van der Waals surface area contributed by atoms with Gasteiger partial charge in [0.05, 0.1) is 6.54 Å². The Morgan fingerprint density at radius 1 is 1.47 bits per heavy atom. The summed E-state index contributed by atoms with van der Waals surface area (Å²) < 4.78 is 2.01.